The largest absolute Gasteiger partial charge is 0.289 e. The van der Waals surface area contributed by atoms with Crippen molar-refractivity contribution in [1.82, 2.24) is 29.3 Å². The Kier molecular flexibility index (Phi) is 3.20. The lowest BCUT2D eigenvalue weighted by molar-refractivity contribution is 0.829. The molecule has 104 valence electrons. The van der Waals surface area contributed by atoms with Gasteiger partial charge in [-0.15, -0.1) is 10.2 Å². The maximum atomic E-state index is 8.77. The average molecular weight is 279 g/mol. The van der Waals surface area contributed by atoms with Gasteiger partial charge in [-0.1, -0.05) is 13.8 Å². The van der Waals surface area contributed by atoms with Gasteiger partial charge in [0.2, 0.25) is 0 Å². The number of nitrogens with zero attached hydrogens (tertiary/aromatic N) is 7. The van der Waals surface area contributed by atoms with Crippen LogP contribution in [-0.2, 0) is 0 Å². The Hall–Kier alpha value is -3.01. The third kappa shape index (κ3) is 2.51. The molecule has 0 fully saturated rings. The Labute approximate surface area is 121 Å². The summed E-state index contributed by atoms with van der Waals surface area (Å²) in [4.78, 5) is 8.26. The van der Waals surface area contributed by atoms with Crippen molar-refractivity contribution in [3.05, 3.63) is 48.6 Å². The predicted octanol–water partition coefficient (Wildman–Crippen LogP) is 1.84. The highest BCUT2D eigenvalue weighted by atomic mass is 15.3. The van der Waals surface area contributed by atoms with Crippen molar-refractivity contribution in [3.63, 3.8) is 0 Å². The van der Waals surface area contributed by atoms with Gasteiger partial charge in [0, 0.05) is 12.4 Å². The van der Waals surface area contributed by atoms with Gasteiger partial charge in [-0.2, -0.15) is 5.26 Å². The van der Waals surface area contributed by atoms with Crippen molar-refractivity contribution >= 4 is 0 Å². The lowest BCUT2D eigenvalue weighted by atomic mass is 10.2. The summed E-state index contributed by atoms with van der Waals surface area (Å²) < 4.78 is 3.49. The van der Waals surface area contributed by atoms with Crippen molar-refractivity contribution in [1.29, 1.82) is 5.26 Å². The number of nitriles is 1. The zero-order valence-electron chi connectivity index (χ0n) is 11.7. The van der Waals surface area contributed by atoms with Gasteiger partial charge in [-0.25, -0.2) is 9.97 Å². The van der Waals surface area contributed by atoms with Crippen molar-refractivity contribution < 1.29 is 0 Å². The van der Waals surface area contributed by atoms with Crippen LogP contribution in [0.25, 0.3) is 11.6 Å². The van der Waals surface area contributed by atoms with Gasteiger partial charge in [0.05, 0.1) is 5.69 Å². The first-order chi connectivity index (χ1) is 10.2. The van der Waals surface area contributed by atoms with Crippen LogP contribution in [0.1, 0.15) is 31.2 Å². The van der Waals surface area contributed by atoms with E-state index < -0.39 is 0 Å². The van der Waals surface area contributed by atoms with Crippen molar-refractivity contribution in [2.24, 2.45) is 0 Å². The van der Waals surface area contributed by atoms with E-state index in [0.29, 0.717) is 23.2 Å². The third-order valence-corrected chi connectivity index (χ3v) is 3.06. The van der Waals surface area contributed by atoms with Crippen LogP contribution in [0.15, 0.2) is 37.2 Å². The van der Waals surface area contributed by atoms with Gasteiger partial charge >= 0.3 is 0 Å². The molecule has 0 aromatic carbocycles. The van der Waals surface area contributed by atoms with Crippen molar-refractivity contribution in [2.45, 2.75) is 19.8 Å². The summed E-state index contributed by atoms with van der Waals surface area (Å²) in [7, 11) is 0. The van der Waals surface area contributed by atoms with E-state index >= 15 is 0 Å². The number of rotatable bonds is 3. The number of hydrogen-bond donors (Lipinski definition) is 0. The Morgan fingerprint density at radius 3 is 2.10 bits per heavy atom. The Morgan fingerprint density at radius 1 is 1.00 bits per heavy atom. The van der Waals surface area contributed by atoms with E-state index in [9.17, 15) is 0 Å². The van der Waals surface area contributed by atoms with Crippen LogP contribution in [-0.4, -0.2) is 29.3 Å². The smallest absolute Gasteiger partial charge is 0.160 e. The van der Waals surface area contributed by atoms with Gasteiger partial charge in [-0.05, 0) is 18.1 Å². The second-order valence-electron chi connectivity index (χ2n) is 4.89. The van der Waals surface area contributed by atoms with Crippen LogP contribution in [0.4, 0.5) is 0 Å². The fourth-order valence-electron chi connectivity index (χ4n) is 1.86. The van der Waals surface area contributed by atoms with E-state index in [1.807, 2.05) is 29.0 Å². The van der Waals surface area contributed by atoms with Crippen molar-refractivity contribution in [2.75, 3.05) is 0 Å². The van der Waals surface area contributed by atoms with E-state index in [1.54, 1.807) is 17.1 Å². The zero-order valence-corrected chi connectivity index (χ0v) is 11.7. The molecule has 7 nitrogen and oxygen atoms in total. The predicted molar refractivity (Wildman–Crippen MR) is 75.1 cm³/mol. The molecule has 3 rings (SSSR count). The highest BCUT2D eigenvalue weighted by Gasteiger charge is 2.07. The van der Waals surface area contributed by atoms with Crippen LogP contribution in [0, 0.1) is 11.3 Å². The van der Waals surface area contributed by atoms with E-state index in [4.69, 9.17) is 5.26 Å². The Bertz CT molecular complexity index is 789. The van der Waals surface area contributed by atoms with Crippen molar-refractivity contribution in [3.8, 4) is 17.7 Å². The monoisotopic (exact) mass is 279 g/mol. The molecule has 3 aromatic rings. The first-order valence-corrected chi connectivity index (χ1v) is 6.50. The fourth-order valence-corrected chi connectivity index (χ4v) is 1.86. The SMILES string of the molecule is CC(C)c1cn(-c2ccc(-n3cnc(C#N)c3)nn2)cn1. The molecule has 0 spiro atoms. The van der Waals surface area contributed by atoms with Crippen LogP contribution in [0.2, 0.25) is 0 Å². The van der Waals surface area contributed by atoms with Gasteiger partial charge in [0.25, 0.3) is 0 Å². The van der Waals surface area contributed by atoms with E-state index in [0.717, 1.165) is 5.69 Å². The first kappa shape index (κ1) is 13.0. The first-order valence-electron chi connectivity index (χ1n) is 6.50. The minimum absolute atomic E-state index is 0.345. The summed E-state index contributed by atoms with van der Waals surface area (Å²) in [5.41, 5.74) is 1.35. The summed E-state index contributed by atoms with van der Waals surface area (Å²) >= 11 is 0. The summed E-state index contributed by atoms with van der Waals surface area (Å²) in [5.74, 6) is 1.67. The summed E-state index contributed by atoms with van der Waals surface area (Å²) in [6, 6.07) is 5.64. The molecule has 0 aliphatic carbocycles. The number of imidazole rings is 2. The minimum atomic E-state index is 0.345. The molecular formula is C14H13N7. The standard InChI is InChI=1S/C14H13N7/c1-10(2)12-7-21(9-17-12)14-4-3-13(18-19-14)20-6-11(5-15)16-8-20/h3-4,6-10H,1-2H3. The topological polar surface area (TPSA) is 85.2 Å². The van der Waals surface area contributed by atoms with Crippen LogP contribution < -0.4 is 0 Å². The molecule has 0 bridgehead atoms. The van der Waals surface area contributed by atoms with E-state index in [1.165, 1.54) is 6.33 Å². The summed E-state index contributed by atoms with van der Waals surface area (Å²) in [6.45, 7) is 4.18. The molecule has 3 heterocycles. The molecule has 0 saturated carbocycles. The Morgan fingerprint density at radius 2 is 1.62 bits per heavy atom. The molecule has 0 aliphatic heterocycles. The van der Waals surface area contributed by atoms with Crippen LogP contribution in [0.5, 0.6) is 0 Å². The molecular weight excluding hydrogens is 266 g/mol. The molecule has 21 heavy (non-hydrogen) atoms. The normalized spacial score (nSPS) is 10.8. The zero-order chi connectivity index (χ0) is 14.8. The van der Waals surface area contributed by atoms with E-state index in [-0.39, 0.29) is 0 Å². The van der Waals surface area contributed by atoms with Crippen LogP contribution >= 0.6 is 0 Å². The lowest BCUT2D eigenvalue weighted by Crippen LogP contribution is -2.01. The number of hydrogen-bond acceptors (Lipinski definition) is 5. The summed E-state index contributed by atoms with van der Waals surface area (Å²) in [6.07, 6.45) is 6.82. The molecule has 0 radical (unpaired) electrons. The molecule has 3 aromatic heterocycles. The molecule has 0 atom stereocenters. The van der Waals surface area contributed by atoms with Gasteiger partial charge in [-0.3, -0.25) is 9.13 Å². The lowest BCUT2D eigenvalue weighted by Gasteiger charge is -2.03. The molecule has 0 saturated heterocycles. The third-order valence-electron chi connectivity index (χ3n) is 3.06. The minimum Gasteiger partial charge on any atom is -0.289 e. The highest BCUT2D eigenvalue weighted by Crippen LogP contribution is 2.14. The van der Waals surface area contributed by atoms with E-state index in [2.05, 4.69) is 34.0 Å². The second kappa shape index (κ2) is 5.17. The molecule has 7 heteroatoms. The second-order valence-corrected chi connectivity index (χ2v) is 4.89. The maximum Gasteiger partial charge on any atom is 0.160 e. The molecule has 0 N–H and O–H groups in total. The maximum absolute atomic E-state index is 8.77. The fraction of sp³-hybridized carbons (Fsp3) is 0.214. The quantitative estimate of drug-likeness (QED) is 0.730. The average Bonchev–Trinajstić information content (AvgIpc) is 3.17. The summed E-state index contributed by atoms with van der Waals surface area (Å²) in [5, 5.41) is 17.1. The number of aromatic nitrogens is 6. The molecule has 0 unspecified atom stereocenters. The molecule has 0 amide bonds. The molecule has 0 aliphatic rings. The van der Waals surface area contributed by atoms with Gasteiger partial charge in [0.1, 0.15) is 18.7 Å². The Balaban J connectivity index is 1.88. The highest BCUT2D eigenvalue weighted by molar-refractivity contribution is 5.30. The van der Waals surface area contributed by atoms with Gasteiger partial charge < -0.3 is 0 Å². The van der Waals surface area contributed by atoms with Crippen LogP contribution in [0.3, 0.4) is 0 Å². The van der Waals surface area contributed by atoms with Gasteiger partial charge in [0.15, 0.2) is 17.3 Å².